The summed E-state index contributed by atoms with van der Waals surface area (Å²) in [5.74, 6) is 0. The molecule has 0 heterocycles. The molecule has 0 aliphatic carbocycles. The van der Waals surface area contributed by atoms with Crippen LogP contribution in [0.5, 0.6) is 0 Å². The van der Waals surface area contributed by atoms with Crippen molar-refractivity contribution >= 4 is 85.3 Å². The maximum absolute atomic E-state index is 11.6. The quantitative estimate of drug-likeness (QED) is 0.0720. The van der Waals surface area contributed by atoms with Gasteiger partial charge in [0, 0.05) is 105 Å². The van der Waals surface area contributed by atoms with E-state index in [1.54, 1.807) is 36.4 Å². The molecule has 9 rings (SSSR count). The average molecular weight is 924 g/mol. The molecule has 13 nitrogen and oxygen atoms in total. The van der Waals surface area contributed by atoms with Gasteiger partial charge in [-0.3, -0.25) is 30.3 Å². The van der Waals surface area contributed by atoms with E-state index in [9.17, 15) is 30.3 Å². The lowest BCUT2D eigenvalue weighted by atomic mass is 10.1. The molecular formula is C57H45N7O6. The Bertz CT molecular complexity index is 2920. The molecule has 0 amide bonds. The Morgan fingerprint density at radius 1 is 0.229 bits per heavy atom. The number of nitro groups is 3. The highest BCUT2D eigenvalue weighted by atomic mass is 16.6. The molecule has 0 aromatic heterocycles. The maximum Gasteiger partial charge on any atom is 0.269 e. The summed E-state index contributed by atoms with van der Waals surface area (Å²) in [6, 6.07) is 68.1. The topological polar surface area (TPSA) is 142 Å². The van der Waals surface area contributed by atoms with Crippen molar-refractivity contribution in [3.05, 3.63) is 265 Å². The zero-order valence-electron chi connectivity index (χ0n) is 38.4. The molecule has 0 spiro atoms. The summed E-state index contributed by atoms with van der Waals surface area (Å²) in [7, 11) is 0. The second kappa shape index (κ2) is 19.7. The van der Waals surface area contributed by atoms with Crippen LogP contribution in [0.25, 0.3) is 0 Å². The van der Waals surface area contributed by atoms with E-state index in [1.165, 1.54) is 36.4 Å². The van der Waals surface area contributed by atoms with Crippen molar-refractivity contribution in [3.8, 4) is 0 Å². The molecule has 9 aromatic rings. The minimum absolute atomic E-state index is 0.0000855. The Morgan fingerprint density at radius 2 is 0.343 bits per heavy atom. The van der Waals surface area contributed by atoms with Crippen LogP contribution in [-0.4, -0.2) is 14.8 Å². The van der Waals surface area contributed by atoms with Gasteiger partial charge in [0.2, 0.25) is 0 Å². The van der Waals surface area contributed by atoms with Gasteiger partial charge in [-0.05, 0) is 166 Å². The standard InChI is InChI=1S/C57H45N7O6/c1-40-4-10-43(11-5-40)58(52-28-34-55(35-29-52)62(65)66)46-16-22-49(23-17-46)61(50-24-18-47(19-25-50)59(44-12-6-41(2)7-13-44)53-30-36-56(37-31-53)63(67)68)51-26-20-48(21-27-51)60(45-14-8-42(3)9-15-45)54-32-38-57(39-33-54)64(69)70/h4-39H,1-3H3. The molecule has 9 aromatic carbocycles. The smallest absolute Gasteiger partial charge is 0.269 e. The molecule has 13 heteroatoms. The van der Waals surface area contributed by atoms with E-state index in [0.717, 1.165) is 84.9 Å². The van der Waals surface area contributed by atoms with E-state index in [1.807, 2.05) is 166 Å². The lowest BCUT2D eigenvalue weighted by Crippen LogP contribution is -2.14. The fraction of sp³-hybridized carbons (Fsp3) is 0.0526. The maximum atomic E-state index is 11.6. The summed E-state index contributed by atoms with van der Waals surface area (Å²) in [6.45, 7) is 6.07. The van der Waals surface area contributed by atoms with E-state index in [0.29, 0.717) is 0 Å². The molecule has 0 atom stereocenters. The molecule has 0 aliphatic rings. The van der Waals surface area contributed by atoms with Gasteiger partial charge in [-0.1, -0.05) is 53.1 Å². The first-order valence-electron chi connectivity index (χ1n) is 22.3. The van der Waals surface area contributed by atoms with E-state index >= 15 is 0 Å². The zero-order chi connectivity index (χ0) is 48.9. The lowest BCUT2D eigenvalue weighted by molar-refractivity contribution is -0.385. The van der Waals surface area contributed by atoms with Crippen LogP contribution in [0.1, 0.15) is 16.7 Å². The summed E-state index contributed by atoms with van der Waals surface area (Å²) in [5.41, 5.74) is 13.2. The minimum atomic E-state index is -0.409. The van der Waals surface area contributed by atoms with Gasteiger partial charge in [0.1, 0.15) is 0 Å². The van der Waals surface area contributed by atoms with Gasteiger partial charge >= 0.3 is 0 Å². The van der Waals surface area contributed by atoms with Crippen LogP contribution in [-0.2, 0) is 0 Å². The highest BCUT2D eigenvalue weighted by Crippen LogP contribution is 2.43. The molecule has 0 N–H and O–H groups in total. The second-order valence-corrected chi connectivity index (χ2v) is 16.7. The number of rotatable bonds is 15. The molecule has 70 heavy (non-hydrogen) atoms. The molecule has 0 saturated heterocycles. The third-order valence-corrected chi connectivity index (χ3v) is 11.9. The second-order valence-electron chi connectivity index (χ2n) is 16.7. The van der Waals surface area contributed by atoms with Crippen LogP contribution < -0.4 is 19.6 Å². The van der Waals surface area contributed by atoms with Gasteiger partial charge < -0.3 is 19.6 Å². The first-order chi connectivity index (χ1) is 33.9. The molecule has 344 valence electrons. The number of anilines is 12. The Hall–Kier alpha value is -9.62. The van der Waals surface area contributed by atoms with Crippen LogP contribution in [0.3, 0.4) is 0 Å². The Labute approximate surface area is 404 Å². The van der Waals surface area contributed by atoms with Crippen molar-refractivity contribution < 1.29 is 14.8 Å². The molecular weight excluding hydrogens is 879 g/mol. The van der Waals surface area contributed by atoms with Crippen LogP contribution >= 0.6 is 0 Å². The third kappa shape index (κ3) is 9.75. The molecule has 0 bridgehead atoms. The first-order valence-corrected chi connectivity index (χ1v) is 22.3. The summed E-state index contributed by atoms with van der Waals surface area (Å²) >= 11 is 0. The normalized spacial score (nSPS) is 10.8. The van der Waals surface area contributed by atoms with Crippen molar-refractivity contribution in [3.63, 3.8) is 0 Å². The van der Waals surface area contributed by atoms with E-state index in [2.05, 4.69) is 19.6 Å². The molecule has 0 aliphatic heterocycles. The first kappa shape index (κ1) is 45.5. The van der Waals surface area contributed by atoms with Crippen molar-refractivity contribution in [2.45, 2.75) is 20.8 Å². The van der Waals surface area contributed by atoms with Gasteiger partial charge in [-0.2, -0.15) is 0 Å². The van der Waals surface area contributed by atoms with Gasteiger partial charge in [0.15, 0.2) is 0 Å². The number of non-ortho nitro benzene ring substituents is 3. The van der Waals surface area contributed by atoms with Gasteiger partial charge in [0.25, 0.3) is 17.1 Å². The highest BCUT2D eigenvalue weighted by molar-refractivity contribution is 5.85. The van der Waals surface area contributed by atoms with Crippen LogP contribution in [0, 0.1) is 51.1 Å². The number of benzene rings is 9. The van der Waals surface area contributed by atoms with E-state index in [4.69, 9.17) is 0 Å². The summed E-state index contributed by atoms with van der Waals surface area (Å²) in [5, 5.41) is 34.8. The largest absolute Gasteiger partial charge is 0.310 e. The lowest BCUT2D eigenvalue weighted by Gasteiger charge is -2.30. The van der Waals surface area contributed by atoms with Gasteiger partial charge in [-0.25, -0.2) is 0 Å². The number of aryl methyl sites for hydroxylation is 3. The fourth-order valence-corrected chi connectivity index (χ4v) is 8.29. The average Bonchev–Trinajstić information content (AvgIpc) is 3.38. The van der Waals surface area contributed by atoms with Crippen molar-refractivity contribution in [2.24, 2.45) is 0 Å². The van der Waals surface area contributed by atoms with Crippen LogP contribution in [0.4, 0.5) is 85.3 Å². The van der Waals surface area contributed by atoms with Crippen molar-refractivity contribution in [2.75, 3.05) is 19.6 Å². The zero-order valence-corrected chi connectivity index (χ0v) is 38.4. The Kier molecular flexibility index (Phi) is 12.8. The van der Waals surface area contributed by atoms with Gasteiger partial charge in [0.05, 0.1) is 14.8 Å². The predicted octanol–water partition coefficient (Wildman–Crippen LogP) is 16.2. The molecule has 0 fully saturated rings. The van der Waals surface area contributed by atoms with Gasteiger partial charge in [-0.15, -0.1) is 0 Å². The van der Waals surface area contributed by atoms with Crippen LogP contribution in [0.15, 0.2) is 218 Å². The predicted molar refractivity (Wildman–Crippen MR) is 279 cm³/mol. The number of hydrogen-bond donors (Lipinski definition) is 0. The number of hydrogen-bond acceptors (Lipinski definition) is 10. The molecule has 0 saturated carbocycles. The van der Waals surface area contributed by atoms with Crippen LogP contribution in [0.2, 0.25) is 0 Å². The fourth-order valence-electron chi connectivity index (χ4n) is 8.29. The van der Waals surface area contributed by atoms with E-state index < -0.39 is 14.8 Å². The minimum Gasteiger partial charge on any atom is -0.310 e. The summed E-state index contributed by atoms with van der Waals surface area (Å²) in [4.78, 5) is 41.8. The number of nitrogens with zero attached hydrogens (tertiary/aromatic N) is 7. The summed E-state index contributed by atoms with van der Waals surface area (Å²) < 4.78 is 0. The van der Waals surface area contributed by atoms with Crippen molar-refractivity contribution in [1.82, 2.24) is 0 Å². The van der Waals surface area contributed by atoms with E-state index in [-0.39, 0.29) is 17.1 Å². The third-order valence-electron chi connectivity index (χ3n) is 11.9. The highest BCUT2D eigenvalue weighted by Gasteiger charge is 2.21. The molecule has 0 radical (unpaired) electrons. The monoisotopic (exact) mass is 923 g/mol. The Balaban J connectivity index is 1.14. The van der Waals surface area contributed by atoms with Crippen molar-refractivity contribution in [1.29, 1.82) is 0 Å². The number of nitro benzene ring substituents is 3. The summed E-state index contributed by atoms with van der Waals surface area (Å²) in [6.07, 6.45) is 0. The molecule has 0 unspecified atom stereocenters. The Morgan fingerprint density at radius 3 is 0.471 bits per heavy atom. The SMILES string of the molecule is Cc1ccc(N(c2ccc(N(c3ccc(N(c4ccc(C)cc4)c4ccc([N+](=O)[O-])cc4)cc3)c3ccc(N(c4ccc(C)cc4)c4ccc([N+](=O)[O-])cc4)cc3)cc2)c2ccc([N+](=O)[O-])cc2)cc1.